The van der Waals surface area contributed by atoms with Crippen molar-refractivity contribution in [2.45, 2.75) is 33.1 Å². The van der Waals surface area contributed by atoms with Crippen molar-refractivity contribution in [3.63, 3.8) is 0 Å². The quantitative estimate of drug-likeness (QED) is 0.737. The maximum Gasteiger partial charge on any atom is 0.106 e. The Morgan fingerprint density at radius 3 is 2.92 bits per heavy atom. The first-order valence-corrected chi connectivity index (χ1v) is 4.19. The van der Waals surface area contributed by atoms with E-state index < -0.39 is 0 Å². The molecule has 1 aromatic rings. The van der Waals surface area contributed by atoms with Crippen LogP contribution in [0, 0.1) is 18.3 Å². The van der Waals surface area contributed by atoms with E-state index in [9.17, 15) is 0 Å². The van der Waals surface area contributed by atoms with Gasteiger partial charge in [0.25, 0.3) is 0 Å². The van der Waals surface area contributed by atoms with E-state index in [-0.39, 0.29) is 0 Å². The minimum Gasteiger partial charge on any atom is -0.346 e. The summed E-state index contributed by atoms with van der Waals surface area (Å²) in [6.45, 7) is 4.07. The van der Waals surface area contributed by atoms with Gasteiger partial charge in [0.2, 0.25) is 0 Å². The van der Waals surface area contributed by atoms with Gasteiger partial charge in [0.05, 0.1) is 18.2 Å². The van der Waals surface area contributed by atoms with Crippen molar-refractivity contribution in [1.82, 2.24) is 9.97 Å². The van der Waals surface area contributed by atoms with Gasteiger partial charge < -0.3 is 4.98 Å². The van der Waals surface area contributed by atoms with E-state index in [1.54, 1.807) is 0 Å². The van der Waals surface area contributed by atoms with Gasteiger partial charge in [0.1, 0.15) is 5.82 Å². The Hall–Kier alpha value is -1.30. The van der Waals surface area contributed by atoms with Gasteiger partial charge >= 0.3 is 0 Å². The van der Waals surface area contributed by atoms with E-state index in [1.165, 1.54) is 0 Å². The molecule has 0 amide bonds. The molecule has 0 aliphatic heterocycles. The molecule has 0 saturated heterocycles. The van der Waals surface area contributed by atoms with Crippen LogP contribution in [0.3, 0.4) is 0 Å². The third-order valence-electron chi connectivity index (χ3n) is 1.77. The number of hydrogen-bond acceptors (Lipinski definition) is 2. The molecule has 1 heterocycles. The molecule has 0 radical (unpaired) electrons. The Bertz CT molecular complexity index is 293. The molecular weight excluding hydrogens is 150 g/mol. The lowest BCUT2D eigenvalue weighted by atomic mass is 10.3. The Morgan fingerprint density at radius 2 is 2.33 bits per heavy atom. The zero-order chi connectivity index (χ0) is 8.97. The van der Waals surface area contributed by atoms with Crippen LogP contribution in [0.25, 0.3) is 0 Å². The predicted octanol–water partition coefficient (Wildman–Crippen LogP) is 1.74. The highest BCUT2D eigenvalue weighted by atomic mass is 14.9. The standard InChI is InChI=1S/C9H13N3/c1-3-4-9-11-7(2)8(12-9)5-6-10/h3-5H2,1-2H3,(H,11,12). The van der Waals surface area contributed by atoms with Crippen molar-refractivity contribution in [3.8, 4) is 6.07 Å². The first-order valence-electron chi connectivity index (χ1n) is 4.19. The molecule has 0 aliphatic rings. The van der Waals surface area contributed by atoms with Crippen LogP contribution in [0.4, 0.5) is 0 Å². The van der Waals surface area contributed by atoms with Gasteiger partial charge in [0.15, 0.2) is 0 Å². The van der Waals surface area contributed by atoms with Crippen LogP contribution >= 0.6 is 0 Å². The SMILES string of the molecule is CCCc1nc(CC#N)c(C)[nH]1. The minimum absolute atomic E-state index is 0.409. The molecule has 3 heteroatoms. The largest absolute Gasteiger partial charge is 0.346 e. The van der Waals surface area contributed by atoms with Gasteiger partial charge in [-0.2, -0.15) is 5.26 Å². The maximum atomic E-state index is 8.48. The molecule has 1 aromatic heterocycles. The number of H-pyrrole nitrogens is 1. The summed E-state index contributed by atoms with van der Waals surface area (Å²) in [6.07, 6.45) is 2.46. The molecule has 0 aliphatic carbocycles. The Kier molecular flexibility index (Phi) is 2.87. The highest BCUT2D eigenvalue weighted by molar-refractivity contribution is 5.16. The summed E-state index contributed by atoms with van der Waals surface area (Å²) in [5, 5.41) is 8.48. The number of imidazole rings is 1. The Labute approximate surface area is 72.4 Å². The third kappa shape index (κ3) is 1.85. The number of nitrogens with one attached hydrogen (secondary N) is 1. The van der Waals surface area contributed by atoms with Gasteiger partial charge in [-0.3, -0.25) is 0 Å². The van der Waals surface area contributed by atoms with Crippen LogP contribution in [0.15, 0.2) is 0 Å². The second-order valence-corrected chi connectivity index (χ2v) is 2.84. The van der Waals surface area contributed by atoms with Gasteiger partial charge in [-0.25, -0.2) is 4.98 Å². The summed E-state index contributed by atoms with van der Waals surface area (Å²) < 4.78 is 0. The molecule has 0 fully saturated rings. The second kappa shape index (κ2) is 3.91. The van der Waals surface area contributed by atoms with E-state index in [0.29, 0.717) is 6.42 Å². The van der Waals surface area contributed by atoms with Crippen molar-refractivity contribution in [2.75, 3.05) is 0 Å². The molecule has 1 rings (SSSR count). The van der Waals surface area contributed by atoms with E-state index in [2.05, 4.69) is 23.0 Å². The number of aromatic nitrogens is 2. The zero-order valence-electron chi connectivity index (χ0n) is 7.52. The van der Waals surface area contributed by atoms with Crippen LogP contribution in [0.5, 0.6) is 0 Å². The lowest BCUT2D eigenvalue weighted by Gasteiger charge is -1.87. The van der Waals surface area contributed by atoms with Gasteiger partial charge in [-0.05, 0) is 13.3 Å². The van der Waals surface area contributed by atoms with Crippen molar-refractivity contribution in [3.05, 3.63) is 17.2 Å². The van der Waals surface area contributed by atoms with E-state index in [0.717, 1.165) is 30.1 Å². The maximum absolute atomic E-state index is 8.48. The molecule has 0 spiro atoms. The van der Waals surface area contributed by atoms with Crippen molar-refractivity contribution < 1.29 is 0 Å². The molecule has 0 atom stereocenters. The van der Waals surface area contributed by atoms with Gasteiger partial charge in [-0.15, -0.1) is 0 Å². The summed E-state index contributed by atoms with van der Waals surface area (Å²) in [6, 6.07) is 2.10. The molecule has 1 N–H and O–H groups in total. The minimum atomic E-state index is 0.409. The molecule has 0 saturated carbocycles. The monoisotopic (exact) mass is 163 g/mol. The van der Waals surface area contributed by atoms with Crippen LogP contribution in [0.2, 0.25) is 0 Å². The molecule has 0 unspecified atom stereocenters. The second-order valence-electron chi connectivity index (χ2n) is 2.84. The summed E-state index contributed by atoms with van der Waals surface area (Å²) in [7, 11) is 0. The molecule has 64 valence electrons. The lowest BCUT2D eigenvalue weighted by molar-refractivity contribution is 0.850. The smallest absolute Gasteiger partial charge is 0.106 e. The van der Waals surface area contributed by atoms with E-state index in [1.807, 2.05) is 6.92 Å². The predicted molar refractivity (Wildman–Crippen MR) is 46.6 cm³/mol. The fraction of sp³-hybridized carbons (Fsp3) is 0.556. The van der Waals surface area contributed by atoms with Crippen molar-refractivity contribution in [1.29, 1.82) is 5.26 Å². The van der Waals surface area contributed by atoms with Crippen LogP contribution < -0.4 is 0 Å². The first-order chi connectivity index (χ1) is 5.77. The topological polar surface area (TPSA) is 52.5 Å². The van der Waals surface area contributed by atoms with Gasteiger partial charge in [-0.1, -0.05) is 6.92 Å². The first kappa shape index (κ1) is 8.79. The average Bonchev–Trinajstić information content (AvgIpc) is 2.34. The van der Waals surface area contributed by atoms with Crippen LogP contribution in [-0.4, -0.2) is 9.97 Å². The Morgan fingerprint density at radius 1 is 1.58 bits per heavy atom. The average molecular weight is 163 g/mol. The van der Waals surface area contributed by atoms with Crippen molar-refractivity contribution in [2.24, 2.45) is 0 Å². The fourth-order valence-electron chi connectivity index (χ4n) is 1.17. The number of aromatic amines is 1. The third-order valence-corrected chi connectivity index (χ3v) is 1.77. The summed E-state index contributed by atoms with van der Waals surface area (Å²) in [4.78, 5) is 7.48. The van der Waals surface area contributed by atoms with E-state index in [4.69, 9.17) is 5.26 Å². The summed E-state index contributed by atoms with van der Waals surface area (Å²) in [5.41, 5.74) is 1.92. The summed E-state index contributed by atoms with van der Waals surface area (Å²) in [5.74, 6) is 1.00. The van der Waals surface area contributed by atoms with Gasteiger partial charge in [0, 0.05) is 12.1 Å². The normalized spacial score (nSPS) is 9.75. The zero-order valence-corrected chi connectivity index (χ0v) is 7.52. The number of nitriles is 1. The summed E-state index contributed by atoms with van der Waals surface area (Å²) >= 11 is 0. The number of hydrogen-bond donors (Lipinski definition) is 1. The molecule has 0 bridgehead atoms. The number of aryl methyl sites for hydroxylation is 2. The molecule has 12 heavy (non-hydrogen) atoms. The highest BCUT2D eigenvalue weighted by Crippen LogP contribution is 2.06. The fourth-order valence-corrected chi connectivity index (χ4v) is 1.17. The van der Waals surface area contributed by atoms with E-state index >= 15 is 0 Å². The number of rotatable bonds is 3. The van der Waals surface area contributed by atoms with Crippen molar-refractivity contribution >= 4 is 0 Å². The van der Waals surface area contributed by atoms with Crippen LogP contribution in [-0.2, 0) is 12.8 Å². The molecule has 0 aromatic carbocycles. The number of nitrogens with zero attached hydrogens (tertiary/aromatic N) is 2. The van der Waals surface area contributed by atoms with Crippen LogP contribution in [0.1, 0.15) is 30.6 Å². The Balaban J connectivity index is 2.79. The molecular formula is C9H13N3. The highest BCUT2D eigenvalue weighted by Gasteiger charge is 2.04. The molecule has 3 nitrogen and oxygen atoms in total. The lowest BCUT2D eigenvalue weighted by Crippen LogP contribution is -1.86.